The molecule has 130 valence electrons. The van der Waals surface area contributed by atoms with Gasteiger partial charge in [-0.3, -0.25) is 9.59 Å². The van der Waals surface area contributed by atoms with Gasteiger partial charge in [-0.15, -0.1) is 0 Å². The summed E-state index contributed by atoms with van der Waals surface area (Å²) < 4.78 is 5.35. The molecule has 2 aliphatic rings. The average molecular weight is 331 g/mol. The molecule has 6 heteroatoms. The molecule has 1 aromatic carbocycles. The molecule has 1 aromatic rings. The molecule has 2 atom stereocenters. The van der Waals surface area contributed by atoms with E-state index in [9.17, 15) is 9.59 Å². The number of nitrogens with zero attached hydrogens (tertiary/aromatic N) is 2. The Hall–Kier alpha value is -2.08. The molecular formula is C18H25N3O3. The fourth-order valence-corrected chi connectivity index (χ4v) is 3.73. The average Bonchev–Trinajstić information content (AvgIpc) is 3.02. The van der Waals surface area contributed by atoms with Gasteiger partial charge in [-0.05, 0) is 31.4 Å². The molecule has 2 heterocycles. The minimum atomic E-state index is -0.297. The lowest BCUT2D eigenvalue weighted by atomic mass is 9.98. The Labute approximate surface area is 142 Å². The number of hydrogen-bond donors (Lipinski definition) is 1. The first kappa shape index (κ1) is 16.8. The number of likely N-dealkylation sites (tertiary alicyclic amines) is 1. The third-order valence-corrected chi connectivity index (χ3v) is 5.03. The Morgan fingerprint density at radius 2 is 2.12 bits per heavy atom. The number of piperidine rings is 1. The van der Waals surface area contributed by atoms with Gasteiger partial charge in [0.2, 0.25) is 11.8 Å². The van der Waals surface area contributed by atoms with Crippen molar-refractivity contribution in [3.8, 4) is 5.75 Å². The number of rotatable bonds is 4. The van der Waals surface area contributed by atoms with Crippen LogP contribution in [0.5, 0.6) is 5.75 Å². The van der Waals surface area contributed by atoms with Crippen molar-refractivity contribution in [1.29, 1.82) is 0 Å². The fourth-order valence-electron chi connectivity index (χ4n) is 3.73. The smallest absolute Gasteiger partial charge is 0.228 e. The van der Waals surface area contributed by atoms with Gasteiger partial charge >= 0.3 is 0 Å². The molecule has 3 rings (SSSR count). The van der Waals surface area contributed by atoms with Gasteiger partial charge in [0.05, 0.1) is 18.7 Å². The Kier molecular flexibility index (Phi) is 5.04. The Morgan fingerprint density at radius 1 is 1.33 bits per heavy atom. The standard InChI is InChI=1S/C18H25N3O3/c1-24-16-8-3-2-7-15(16)21-12-13(10-17(21)22)18(23)20-9-5-4-6-14(20)11-19/h2-3,7-8,13-14H,4-6,9-12,19H2,1H3. The van der Waals surface area contributed by atoms with Gasteiger partial charge in [-0.25, -0.2) is 0 Å². The molecule has 2 aliphatic heterocycles. The minimum absolute atomic E-state index is 0.0286. The fraction of sp³-hybridized carbons (Fsp3) is 0.556. The summed E-state index contributed by atoms with van der Waals surface area (Å²) >= 11 is 0. The van der Waals surface area contributed by atoms with E-state index in [0.29, 0.717) is 18.8 Å². The lowest BCUT2D eigenvalue weighted by Crippen LogP contribution is -2.50. The summed E-state index contributed by atoms with van der Waals surface area (Å²) in [5.74, 6) is 0.390. The SMILES string of the molecule is COc1ccccc1N1CC(C(=O)N2CCCCC2CN)CC1=O. The number of ether oxygens (including phenoxy) is 1. The monoisotopic (exact) mass is 331 g/mol. The molecule has 0 bridgehead atoms. The van der Waals surface area contributed by atoms with Crippen LogP contribution in [0, 0.1) is 5.92 Å². The first-order valence-electron chi connectivity index (χ1n) is 8.59. The Bertz CT molecular complexity index is 619. The highest BCUT2D eigenvalue weighted by molar-refractivity contribution is 6.01. The zero-order valence-electron chi connectivity index (χ0n) is 14.1. The molecule has 2 saturated heterocycles. The van der Waals surface area contributed by atoms with Gasteiger partial charge in [0, 0.05) is 32.1 Å². The summed E-state index contributed by atoms with van der Waals surface area (Å²) in [7, 11) is 1.58. The number of methoxy groups -OCH3 is 1. The number of carbonyl (C=O) groups is 2. The van der Waals surface area contributed by atoms with E-state index in [1.165, 1.54) is 0 Å². The van der Waals surface area contributed by atoms with Gasteiger partial charge in [0.15, 0.2) is 0 Å². The second-order valence-electron chi connectivity index (χ2n) is 6.49. The van der Waals surface area contributed by atoms with Crippen molar-refractivity contribution in [3.05, 3.63) is 24.3 Å². The minimum Gasteiger partial charge on any atom is -0.495 e. The van der Waals surface area contributed by atoms with Crippen LogP contribution < -0.4 is 15.4 Å². The molecule has 0 aromatic heterocycles. The van der Waals surface area contributed by atoms with Gasteiger partial charge < -0.3 is 20.3 Å². The van der Waals surface area contributed by atoms with Crippen molar-refractivity contribution in [3.63, 3.8) is 0 Å². The van der Waals surface area contributed by atoms with Crippen molar-refractivity contribution >= 4 is 17.5 Å². The largest absolute Gasteiger partial charge is 0.495 e. The predicted octanol–water partition coefficient (Wildman–Crippen LogP) is 1.39. The van der Waals surface area contributed by atoms with Crippen molar-refractivity contribution in [1.82, 2.24) is 4.90 Å². The van der Waals surface area contributed by atoms with Crippen molar-refractivity contribution in [2.45, 2.75) is 31.7 Å². The first-order valence-corrected chi connectivity index (χ1v) is 8.59. The Morgan fingerprint density at radius 3 is 2.88 bits per heavy atom. The zero-order chi connectivity index (χ0) is 17.1. The van der Waals surface area contributed by atoms with E-state index >= 15 is 0 Å². The summed E-state index contributed by atoms with van der Waals surface area (Å²) in [5.41, 5.74) is 6.56. The van der Waals surface area contributed by atoms with Crippen LogP contribution in [-0.4, -0.2) is 49.5 Å². The molecule has 2 fully saturated rings. The number of hydrogen-bond acceptors (Lipinski definition) is 4. The summed E-state index contributed by atoms with van der Waals surface area (Å²) in [6.45, 7) is 1.65. The maximum Gasteiger partial charge on any atom is 0.228 e. The summed E-state index contributed by atoms with van der Waals surface area (Å²) in [6.07, 6.45) is 3.34. The van der Waals surface area contributed by atoms with Crippen LogP contribution >= 0.6 is 0 Å². The van der Waals surface area contributed by atoms with E-state index < -0.39 is 0 Å². The van der Waals surface area contributed by atoms with Crippen LogP contribution in [0.4, 0.5) is 5.69 Å². The molecule has 24 heavy (non-hydrogen) atoms. The van der Waals surface area contributed by atoms with Crippen molar-refractivity contribution in [2.75, 3.05) is 31.6 Å². The normalized spacial score (nSPS) is 24.3. The molecule has 0 aliphatic carbocycles. The number of carbonyl (C=O) groups excluding carboxylic acids is 2. The second-order valence-corrected chi connectivity index (χ2v) is 6.49. The molecule has 0 radical (unpaired) electrons. The molecule has 6 nitrogen and oxygen atoms in total. The van der Waals surface area contributed by atoms with Crippen LogP contribution in [0.3, 0.4) is 0 Å². The first-order chi connectivity index (χ1) is 11.7. The van der Waals surface area contributed by atoms with E-state index in [0.717, 1.165) is 31.5 Å². The molecule has 2 unspecified atom stereocenters. The number of nitrogens with two attached hydrogens (primary N) is 1. The zero-order valence-corrected chi connectivity index (χ0v) is 14.1. The number of benzene rings is 1. The van der Waals surface area contributed by atoms with Gasteiger partial charge in [-0.1, -0.05) is 12.1 Å². The van der Waals surface area contributed by atoms with Gasteiger partial charge in [-0.2, -0.15) is 0 Å². The molecule has 2 amide bonds. The molecule has 2 N–H and O–H groups in total. The summed E-state index contributed by atoms with van der Waals surface area (Å²) in [5, 5.41) is 0. The predicted molar refractivity (Wildman–Crippen MR) is 91.9 cm³/mol. The van der Waals surface area contributed by atoms with E-state index in [1.54, 1.807) is 12.0 Å². The van der Waals surface area contributed by atoms with Crippen LogP contribution in [0.2, 0.25) is 0 Å². The number of amides is 2. The van der Waals surface area contributed by atoms with Crippen LogP contribution in [0.25, 0.3) is 0 Å². The topological polar surface area (TPSA) is 75.9 Å². The van der Waals surface area contributed by atoms with E-state index in [4.69, 9.17) is 10.5 Å². The Balaban J connectivity index is 1.75. The summed E-state index contributed by atoms with van der Waals surface area (Å²) in [4.78, 5) is 28.9. The van der Waals surface area contributed by atoms with E-state index in [-0.39, 0.29) is 30.2 Å². The second kappa shape index (κ2) is 7.21. The maximum atomic E-state index is 12.9. The maximum absolute atomic E-state index is 12.9. The van der Waals surface area contributed by atoms with Crippen LogP contribution in [-0.2, 0) is 9.59 Å². The van der Waals surface area contributed by atoms with Crippen molar-refractivity contribution in [2.24, 2.45) is 11.7 Å². The van der Waals surface area contributed by atoms with E-state index in [1.807, 2.05) is 29.2 Å². The highest BCUT2D eigenvalue weighted by Gasteiger charge is 2.39. The lowest BCUT2D eigenvalue weighted by molar-refractivity contribution is -0.139. The number of anilines is 1. The van der Waals surface area contributed by atoms with Gasteiger partial charge in [0.1, 0.15) is 5.75 Å². The highest BCUT2D eigenvalue weighted by atomic mass is 16.5. The quantitative estimate of drug-likeness (QED) is 0.904. The third-order valence-electron chi connectivity index (χ3n) is 5.03. The molecule has 0 saturated carbocycles. The molecular weight excluding hydrogens is 306 g/mol. The lowest BCUT2D eigenvalue weighted by Gasteiger charge is -2.36. The van der Waals surface area contributed by atoms with Gasteiger partial charge in [0.25, 0.3) is 0 Å². The highest BCUT2D eigenvalue weighted by Crippen LogP contribution is 2.33. The number of para-hydroxylation sites is 2. The van der Waals surface area contributed by atoms with Crippen LogP contribution in [0.15, 0.2) is 24.3 Å². The van der Waals surface area contributed by atoms with E-state index in [2.05, 4.69) is 0 Å². The summed E-state index contributed by atoms with van der Waals surface area (Å²) in [6, 6.07) is 7.53. The molecule has 0 spiro atoms. The van der Waals surface area contributed by atoms with Crippen molar-refractivity contribution < 1.29 is 14.3 Å². The van der Waals surface area contributed by atoms with Crippen LogP contribution in [0.1, 0.15) is 25.7 Å². The third kappa shape index (κ3) is 3.11.